The van der Waals surface area contributed by atoms with Crippen molar-refractivity contribution >= 4 is 11.8 Å². The average molecular weight is 347 g/mol. The fraction of sp³-hybridized carbons (Fsp3) is 0.188. The van der Waals surface area contributed by atoms with Crippen molar-refractivity contribution in [2.45, 2.75) is 11.7 Å². The van der Waals surface area contributed by atoms with Crippen LogP contribution in [0.5, 0.6) is 0 Å². The third-order valence-corrected chi connectivity index (χ3v) is 4.04. The zero-order chi connectivity index (χ0) is 15.0. The topological polar surface area (TPSA) is 55.6 Å². The van der Waals surface area contributed by atoms with Gasteiger partial charge in [0.15, 0.2) is 0 Å². The fourth-order valence-corrected chi connectivity index (χ4v) is 2.83. The minimum atomic E-state index is 0. The maximum absolute atomic E-state index is 4.09. The van der Waals surface area contributed by atoms with Gasteiger partial charge in [-0.2, -0.15) is 4.68 Å². The van der Waals surface area contributed by atoms with Gasteiger partial charge in [-0.15, -0.1) is 5.10 Å². The molecule has 0 amide bonds. The van der Waals surface area contributed by atoms with E-state index in [1.54, 1.807) is 16.4 Å². The second kappa shape index (κ2) is 9.29. The lowest BCUT2D eigenvalue weighted by Crippen LogP contribution is -3.00. The van der Waals surface area contributed by atoms with Gasteiger partial charge in [0, 0.05) is 18.8 Å². The minimum absolute atomic E-state index is 0. The number of tetrazole rings is 1. The Labute approximate surface area is 145 Å². The second-order valence-corrected chi connectivity index (χ2v) is 5.78. The quantitative estimate of drug-likeness (QED) is 0.464. The Hall–Kier alpha value is -1.89. The summed E-state index contributed by atoms with van der Waals surface area (Å²) in [5.41, 5.74) is 2.27. The number of halogens is 1. The standard InChI is InChI=1S/C16H17N5S.ClH/c1-3-7-14(8-4-1)13-17-11-12-22-16-18-19-20-21(16)15-9-5-2-6-10-15;/h1-10,17H,11-13H2;1H/p-1. The Kier molecular flexibility index (Phi) is 7.06. The molecule has 1 aromatic heterocycles. The zero-order valence-corrected chi connectivity index (χ0v) is 14.0. The van der Waals surface area contributed by atoms with Crippen molar-refractivity contribution in [2.75, 3.05) is 12.3 Å². The van der Waals surface area contributed by atoms with Gasteiger partial charge < -0.3 is 17.7 Å². The molecule has 0 unspecified atom stereocenters. The molecule has 0 fully saturated rings. The molecule has 0 aliphatic rings. The Balaban J connectivity index is 0.00000192. The molecule has 23 heavy (non-hydrogen) atoms. The number of rotatable bonds is 7. The lowest BCUT2D eigenvalue weighted by atomic mass is 10.2. The number of nitrogens with one attached hydrogen (secondary N) is 1. The zero-order valence-electron chi connectivity index (χ0n) is 12.5. The summed E-state index contributed by atoms with van der Waals surface area (Å²) < 4.78 is 1.77. The summed E-state index contributed by atoms with van der Waals surface area (Å²) >= 11 is 1.65. The van der Waals surface area contributed by atoms with E-state index in [1.807, 2.05) is 36.4 Å². The van der Waals surface area contributed by atoms with Crippen LogP contribution < -0.4 is 17.7 Å². The molecule has 0 saturated carbocycles. The van der Waals surface area contributed by atoms with Gasteiger partial charge in [-0.25, -0.2) is 0 Å². The highest BCUT2D eigenvalue weighted by molar-refractivity contribution is 7.99. The molecule has 0 aliphatic heterocycles. The van der Waals surface area contributed by atoms with Gasteiger partial charge in [-0.05, 0) is 28.1 Å². The number of para-hydroxylation sites is 1. The predicted molar refractivity (Wildman–Crippen MR) is 88.0 cm³/mol. The SMILES string of the molecule is [Cl-].c1ccc(CNCCSc2nnnn2-c2ccccc2)cc1. The molecule has 0 spiro atoms. The molecule has 0 bridgehead atoms. The summed E-state index contributed by atoms with van der Waals surface area (Å²) in [5, 5.41) is 16.1. The second-order valence-electron chi connectivity index (χ2n) is 4.72. The highest BCUT2D eigenvalue weighted by Gasteiger charge is 2.07. The van der Waals surface area contributed by atoms with Crippen molar-refractivity contribution in [1.29, 1.82) is 0 Å². The Morgan fingerprint density at radius 1 is 0.957 bits per heavy atom. The molecule has 3 rings (SSSR count). The van der Waals surface area contributed by atoms with Gasteiger partial charge in [-0.3, -0.25) is 0 Å². The molecule has 0 aliphatic carbocycles. The van der Waals surface area contributed by atoms with E-state index in [-0.39, 0.29) is 12.4 Å². The first-order valence-corrected chi connectivity index (χ1v) is 8.13. The first-order valence-electron chi connectivity index (χ1n) is 7.15. The van der Waals surface area contributed by atoms with Crippen LogP contribution in [0.4, 0.5) is 0 Å². The van der Waals surface area contributed by atoms with Crippen LogP contribution in [0, 0.1) is 0 Å². The Bertz CT molecular complexity index is 690. The molecule has 7 heteroatoms. The van der Waals surface area contributed by atoms with Crippen LogP contribution in [-0.4, -0.2) is 32.5 Å². The Morgan fingerprint density at radius 2 is 1.65 bits per heavy atom. The molecular weight excluding hydrogens is 330 g/mol. The summed E-state index contributed by atoms with van der Waals surface area (Å²) in [4.78, 5) is 0. The van der Waals surface area contributed by atoms with Crippen molar-refractivity contribution in [3.05, 3.63) is 66.2 Å². The fourth-order valence-electron chi connectivity index (χ4n) is 2.04. The van der Waals surface area contributed by atoms with Crippen LogP contribution >= 0.6 is 11.8 Å². The largest absolute Gasteiger partial charge is 1.00 e. The number of thioether (sulfide) groups is 1. The van der Waals surface area contributed by atoms with E-state index in [0.29, 0.717) is 0 Å². The molecule has 0 atom stereocenters. The molecule has 2 aromatic carbocycles. The molecule has 120 valence electrons. The van der Waals surface area contributed by atoms with Gasteiger partial charge in [-0.1, -0.05) is 60.3 Å². The molecule has 1 heterocycles. The molecule has 0 radical (unpaired) electrons. The third-order valence-electron chi connectivity index (χ3n) is 3.12. The maximum Gasteiger partial charge on any atom is 0.214 e. The average Bonchev–Trinajstić information content (AvgIpc) is 3.05. The summed E-state index contributed by atoms with van der Waals surface area (Å²) in [7, 11) is 0. The predicted octanol–water partition coefficient (Wildman–Crippen LogP) is -0.452. The highest BCUT2D eigenvalue weighted by atomic mass is 35.5. The number of hydrogen-bond acceptors (Lipinski definition) is 5. The highest BCUT2D eigenvalue weighted by Crippen LogP contribution is 2.17. The molecule has 5 nitrogen and oxygen atoms in total. The van der Waals surface area contributed by atoms with E-state index in [2.05, 4.69) is 45.1 Å². The van der Waals surface area contributed by atoms with Gasteiger partial charge in [0.05, 0.1) is 5.69 Å². The van der Waals surface area contributed by atoms with E-state index < -0.39 is 0 Å². The number of hydrogen-bond donors (Lipinski definition) is 1. The van der Waals surface area contributed by atoms with E-state index >= 15 is 0 Å². The minimum Gasteiger partial charge on any atom is -1.00 e. The lowest BCUT2D eigenvalue weighted by molar-refractivity contribution is -0.00000455. The lowest BCUT2D eigenvalue weighted by Gasteiger charge is -2.05. The number of aromatic nitrogens is 4. The van der Waals surface area contributed by atoms with E-state index in [0.717, 1.165) is 29.7 Å². The van der Waals surface area contributed by atoms with Gasteiger partial charge in [0.1, 0.15) is 0 Å². The normalized spacial score (nSPS) is 10.3. The van der Waals surface area contributed by atoms with E-state index in [9.17, 15) is 0 Å². The number of benzene rings is 2. The Morgan fingerprint density at radius 3 is 2.39 bits per heavy atom. The van der Waals surface area contributed by atoms with Crippen LogP contribution in [0.1, 0.15) is 5.56 Å². The smallest absolute Gasteiger partial charge is 0.214 e. The van der Waals surface area contributed by atoms with Gasteiger partial charge in [0.2, 0.25) is 5.16 Å². The van der Waals surface area contributed by atoms with Crippen LogP contribution in [-0.2, 0) is 6.54 Å². The summed E-state index contributed by atoms with van der Waals surface area (Å²) in [6.45, 7) is 1.78. The van der Waals surface area contributed by atoms with Crippen molar-refractivity contribution in [1.82, 2.24) is 25.5 Å². The van der Waals surface area contributed by atoms with Crippen LogP contribution in [0.15, 0.2) is 65.8 Å². The molecule has 0 saturated heterocycles. The monoisotopic (exact) mass is 346 g/mol. The van der Waals surface area contributed by atoms with Crippen molar-refractivity contribution in [3.63, 3.8) is 0 Å². The van der Waals surface area contributed by atoms with E-state index in [4.69, 9.17) is 0 Å². The molecular formula is C16H17ClN5S-. The maximum atomic E-state index is 4.09. The van der Waals surface area contributed by atoms with Crippen molar-refractivity contribution in [3.8, 4) is 5.69 Å². The van der Waals surface area contributed by atoms with E-state index in [1.165, 1.54) is 5.56 Å². The van der Waals surface area contributed by atoms with Crippen LogP contribution in [0.25, 0.3) is 5.69 Å². The van der Waals surface area contributed by atoms with Crippen LogP contribution in [0.2, 0.25) is 0 Å². The van der Waals surface area contributed by atoms with Gasteiger partial charge in [0.25, 0.3) is 0 Å². The van der Waals surface area contributed by atoms with Crippen LogP contribution in [0.3, 0.4) is 0 Å². The van der Waals surface area contributed by atoms with Crippen molar-refractivity contribution in [2.24, 2.45) is 0 Å². The summed E-state index contributed by atoms with van der Waals surface area (Å²) in [6, 6.07) is 20.3. The first kappa shape index (κ1) is 17.5. The molecule has 1 N–H and O–H groups in total. The van der Waals surface area contributed by atoms with Gasteiger partial charge >= 0.3 is 0 Å². The van der Waals surface area contributed by atoms with Crippen molar-refractivity contribution < 1.29 is 12.4 Å². The summed E-state index contributed by atoms with van der Waals surface area (Å²) in [5.74, 6) is 0.917. The summed E-state index contributed by atoms with van der Waals surface area (Å²) in [6.07, 6.45) is 0. The third kappa shape index (κ3) is 5.06. The number of nitrogens with zero attached hydrogens (tertiary/aromatic N) is 4. The first-order chi connectivity index (χ1) is 10.9. The molecule has 3 aromatic rings.